The Balaban J connectivity index is 2.07. The highest BCUT2D eigenvalue weighted by Gasteiger charge is 2.20. The lowest BCUT2D eigenvalue weighted by molar-refractivity contribution is 0.0691. The van der Waals surface area contributed by atoms with E-state index in [0.717, 1.165) is 0 Å². The number of pyridine rings is 1. The summed E-state index contributed by atoms with van der Waals surface area (Å²) < 4.78 is 1.47. The zero-order valence-corrected chi connectivity index (χ0v) is 10.8. The Labute approximate surface area is 119 Å². The molecule has 0 saturated heterocycles. The van der Waals surface area contributed by atoms with E-state index in [2.05, 4.69) is 25.3 Å². The highest BCUT2D eigenvalue weighted by atomic mass is 16.4. The van der Waals surface area contributed by atoms with Gasteiger partial charge in [-0.05, 0) is 18.2 Å². The van der Waals surface area contributed by atoms with Gasteiger partial charge in [-0.25, -0.2) is 19.4 Å². The first-order valence-corrected chi connectivity index (χ1v) is 6.09. The summed E-state index contributed by atoms with van der Waals surface area (Å²) in [6.45, 7) is 0.235. The topological polar surface area (TPSA) is 107 Å². The van der Waals surface area contributed by atoms with Gasteiger partial charge in [-0.2, -0.15) is 0 Å². The predicted molar refractivity (Wildman–Crippen MR) is 71.3 cm³/mol. The predicted octanol–water partition coefficient (Wildman–Crippen LogP) is 0.877. The maximum absolute atomic E-state index is 11.3. The van der Waals surface area contributed by atoms with E-state index in [-0.39, 0.29) is 12.2 Å². The molecule has 0 aliphatic carbocycles. The van der Waals surface area contributed by atoms with Crippen molar-refractivity contribution >= 4 is 5.97 Å². The van der Waals surface area contributed by atoms with E-state index in [1.807, 2.05) is 0 Å². The normalized spacial score (nSPS) is 10.5. The van der Waals surface area contributed by atoms with Crippen molar-refractivity contribution in [3.05, 3.63) is 54.5 Å². The van der Waals surface area contributed by atoms with Gasteiger partial charge in [-0.1, -0.05) is 5.21 Å². The molecule has 104 valence electrons. The van der Waals surface area contributed by atoms with Crippen LogP contribution in [0.3, 0.4) is 0 Å². The van der Waals surface area contributed by atoms with Crippen LogP contribution >= 0.6 is 0 Å². The van der Waals surface area contributed by atoms with Crippen LogP contribution in [-0.4, -0.2) is 41.0 Å². The van der Waals surface area contributed by atoms with E-state index in [0.29, 0.717) is 17.1 Å². The molecule has 0 spiro atoms. The summed E-state index contributed by atoms with van der Waals surface area (Å²) in [7, 11) is 0. The van der Waals surface area contributed by atoms with Gasteiger partial charge in [-0.15, -0.1) is 5.10 Å². The Kier molecular flexibility index (Phi) is 3.34. The van der Waals surface area contributed by atoms with Crippen molar-refractivity contribution in [1.82, 2.24) is 29.9 Å². The average Bonchev–Trinajstić information content (AvgIpc) is 2.93. The molecule has 0 aliphatic rings. The third kappa shape index (κ3) is 2.59. The Morgan fingerprint density at radius 3 is 2.52 bits per heavy atom. The van der Waals surface area contributed by atoms with Gasteiger partial charge in [0.05, 0.1) is 0 Å². The first kappa shape index (κ1) is 12.9. The van der Waals surface area contributed by atoms with E-state index < -0.39 is 5.97 Å². The molecular weight excluding hydrogens is 272 g/mol. The summed E-state index contributed by atoms with van der Waals surface area (Å²) in [6, 6.07) is 5.11. The lowest BCUT2D eigenvalue weighted by atomic mass is 10.1. The molecule has 3 rings (SSSR count). The summed E-state index contributed by atoms with van der Waals surface area (Å²) >= 11 is 0. The fourth-order valence-corrected chi connectivity index (χ4v) is 1.91. The minimum Gasteiger partial charge on any atom is -0.476 e. The molecule has 21 heavy (non-hydrogen) atoms. The average molecular weight is 282 g/mol. The van der Waals surface area contributed by atoms with E-state index in [4.69, 9.17) is 0 Å². The maximum atomic E-state index is 11.3. The molecule has 0 aliphatic heterocycles. The Hall–Kier alpha value is -3.16. The molecule has 0 aromatic carbocycles. The summed E-state index contributed by atoms with van der Waals surface area (Å²) in [5.41, 5.74) is 0.956. The molecule has 0 bridgehead atoms. The Morgan fingerprint density at radius 2 is 1.86 bits per heavy atom. The smallest absolute Gasteiger partial charge is 0.358 e. The zero-order chi connectivity index (χ0) is 14.7. The van der Waals surface area contributed by atoms with Crippen molar-refractivity contribution in [3.8, 4) is 11.3 Å². The molecule has 0 radical (unpaired) electrons. The van der Waals surface area contributed by atoms with Gasteiger partial charge in [0.2, 0.25) is 0 Å². The second kappa shape index (κ2) is 5.45. The largest absolute Gasteiger partial charge is 0.476 e. The van der Waals surface area contributed by atoms with Crippen LogP contribution in [0.4, 0.5) is 0 Å². The molecule has 8 nitrogen and oxygen atoms in total. The second-order valence-electron chi connectivity index (χ2n) is 4.15. The van der Waals surface area contributed by atoms with Gasteiger partial charge in [0.15, 0.2) is 5.69 Å². The van der Waals surface area contributed by atoms with Gasteiger partial charge < -0.3 is 5.11 Å². The Bertz CT molecular complexity index is 757. The number of hydrogen-bond donors (Lipinski definition) is 1. The highest BCUT2D eigenvalue weighted by Crippen LogP contribution is 2.21. The molecule has 0 saturated carbocycles. The molecular formula is C13H10N6O2. The fraction of sp³-hybridized carbons (Fsp3) is 0.0769. The molecule has 0 amide bonds. The van der Waals surface area contributed by atoms with Crippen LogP contribution in [0.2, 0.25) is 0 Å². The molecule has 3 aromatic heterocycles. The number of aromatic carboxylic acids is 1. The number of rotatable bonds is 4. The van der Waals surface area contributed by atoms with Gasteiger partial charge in [-0.3, -0.25) is 4.98 Å². The quantitative estimate of drug-likeness (QED) is 0.756. The first-order valence-electron chi connectivity index (χ1n) is 6.09. The zero-order valence-electron chi connectivity index (χ0n) is 10.8. The van der Waals surface area contributed by atoms with Crippen LogP contribution < -0.4 is 0 Å². The van der Waals surface area contributed by atoms with E-state index in [9.17, 15) is 9.90 Å². The van der Waals surface area contributed by atoms with Gasteiger partial charge in [0.1, 0.15) is 18.1 Å². The van der Waals surface area contributed by atoms with Gasteiger partial charge >= 0.3 is 5.97 Å². The van der Waals surface area contributed by atoms with Crippen molar-refractivity contribution in [2.75, 3.05) is 0 Å². The van der Waals surface area contributed by atoms with Crippen molar-refractivity contribution in [2.24, 2.45) is 0 Å². The first-order chi connectivity index (χ1) is 10.3. The minimum absolute atomic E-state index is 0.114. The SMILES string of the molecule is O=C(O)c1nnn(Cc2ncccn2)c1-c1ccncc1. The van der Waals surface area contributed by atoms with Gasteiger partial charge in [0, 0.05) is 30.4 Å². The van der Waals surface area contributed by atoms with Crippen LogP contribution in [0.5, 0.6) is 0 Å². The van der Waals surface area contributed by atoms with Crippen molar-refractivity contribution in [2.45, 2.75) is 6.54 Å². The van der Waals surface area contributed by atoms with E-state index >= 15 is 0 Å². The summed E-state index contributed by atoms with van der Waals surface area (Å²) in [6.07, 6.45) is 6.39. The molecule has 0 fully saturated rings. The van der Waals surface area contributed by atoms with Crippen molar-refractivity contribution < 1.29 is 9.90 Å². The third-order valence-corrected chi connectivity index (χ3v) is 2.80. The van der Waals surface area contributed by atoms with Crippen LogP contribution in [-0.2, 0) is 6.54 Å². The lowest BCUT2D eigenvalue weighted by Gasteiger charge is -2.06. The number of carboxylic acids is 1. The standard InChI is InChI=1S/C13H10N6O2/c20-13(21)11-12(9-2-6-14-7-3-9)19(18-17-11)8-10-15-4-1-5-16-10/h1-7H,8H2,(H,20,21). The highest BCUT2D eigenvalue weighted by molar-refractivity contribution is 5.92. The minimum atomic E-state index is -1.14. The van der Waals surface area contributed by atoms with E-state index in [1.165, 1.54) is 4.68 Å². The molecule has 3 aromatic rings. The van der Waals surface area contributed by atoms with Crippen molar-refractivity contribution in [1.29, 1.82) is 0 Å². The third-order valence-electron chi connectivity index (χ3n) is 2.80. The summed E-state index contributed by atoms with van der Waals surface area (Å²) in [4.78, 5) is 23.4. The number of hydrogen-bond acceptors (Lipinski definition) is 6. The molecule has 1 N–H and O–H groups in total. The molecule has 0 atom stereocenters. The van der Waals surface area contributed by atoms with Crippen LogP contribution in [0.15, 0.2) is 43.0 Å². The number of carboxylic acid groups (broad SMARTS) is 1. The molecule has 3 heterocycles. The number of aromatic nitrogens is 6. The fourth-order valence-electron chi connectivity index (χ4n) is 1.91. The number of carbonyl (C=O) groups is 1. The van der Waals surface area contributed by atoms with Gasteiger partial charge in [0.25, 0.3) is 0 Å². The van der Waals surface area contributed by atoms with Crippen LogP contribution in [0.1, 0.15) is 16.3 Å². The Morgan fingerprint density at radius 1 is 1.14 bits per heavy atom. The lowest BCUT2D eigenvalue weighted by Crippen LogP contribution is -2.08. The number of nitrogens with zero attached hydrogens (tertiary/aromatic N) is 6. The summed E-state index contributed by atoms with van der Waals surface area (Å²) in [5.74, 6) is -0.614. The molecule has 8 heteroatoms. The monoisotopic (exact) mass is 282 g/mol. The maximum Gasteiger partial charge on any atom is 0.358 e. The van der Waals surface area contributed by atoms with Crippen LogP contribution in [0.25, 0.3) is 11.3 Å². The second-order valence-corrected chi connectivity index (χ2v) is 4.15. The van der Waals surface area contributed by atoms with E-state index in [1.54, 1.807) is 43.0 Å². The summed E-state index contributed by atoms with van der Waals surface area (Å²) in [5, 5.41) is 16.9. The van der Waals surface area contributed by atoms with Crippen LogP contribution in [0, 0.1) is 0 Å². The molecule has 0 unspecified atom stereocenters. The van der Waals surface area contributed by atoms with Crippen molar-refractivity contribution in [3.63, 3.8) is 0 Å².